The molecule has 0 unspecified atom stereocenters. The van der Waals surface area contributed by atoms with Crippen LogP contribution < -0.4 is 14.5 Å². The number of nitrogens with zero attached hydrogens (tertiary/aromatic N) is 5. The van der Waals surface area contributed by atoms with Crippen molar-refractivity contribution in [3.63, 3.8) is 0 Å². The summed E-state index contributed by atoms with van der Waals surface area (Å²) in [6.07, 6.45) is 0. The zero-order valence-electron chi connectivity index (χ0n) is 17.3. The van der Waals surface area contributed by atoms with Crippen LogP contribution in [0.1, 0.15) is 20.8 Å². The average molecular weight is 420 g/mol. The van der Waals surface area contributed by atoms with Crippen LogP contribution in [0.3, 0.4) is 0 Å². The molecule has 3 rings (SSSR count). The van der Waals surface area contributed by atoms with Crippen molar-refractivity contribution in [3.05, 3.63) is 36.4 Å². The maximum Gasteiger partial charge on any atom is 0.243 e. The van der Waals surface area contributed by atoms with Crippen molar-refractivity contribution in [2.75, 3.05) is 55.7 Å². The van der Waals surface area contributed by atoms with Gasteiger partial charge in [0.2, 0.25) is 10.0 Å². The van der Waals surface area contributed by atoms with Crippen molar-refractivity contribution in [2.24, 2.45) is 0 Å². The van der Waals surface area contributed by atoms with Gasteiger partial charge >= 0.3 is 0 Å². The number of hydrogen-bond acceptors (Lipinski definition) is 7. The van der Waals surface area contributed by atoms with E-state index < -0.39 is 10.0 Å². The molecule has 9 heteroatoms. The van der Waals surface area contributed by atoms with E-state index in [2.05, 4.69) is 33.8 Å². The van der Waals surface area contributed by atoms with E-state index in [0.29, 0.717) is 38.5 Å². The summed E-state index contributed by atoms with van der Waals surface area (Å²) >= 11 is 0. The van der Waals surface area contributed by atoms with Gasteiger partial charge in [0.25, 0.3) is 0 Å². The molecule has 1 aliphatic rings. The molecule has 158 valence electrons. The number of rotatable bonds is 8. The minimum absolute atomic E-state index is 0.290. The van der Waals surface area contributed by atoms with Crippen molar-refractivity contribution in [3.8, 4) is 5.75 Å². The van der Waals surface area contributed by atoms with Gasteiger partial charge in [0.1, 0.15) is 5.75 Å². The topological polar surface area (TPSA) is 78.9 Å². The Morgan fingerprint density at radius 2 is 1.59 bits per heavy atom. The van der Waals surface area contributed by atoms with E-state index in [4.69, 9.17) is 4.74 Å². The Morgan fingerprint density at radius 3 is 2.10 bits per heavy atom. The summed E-state index contributed by atoms with van der Waals surface area (Å²) in [6, 6.07) is 10.5. The van der Waals surface area contributed by atoms with Gasteiger partial charge in [-0.15, -0.1) is 10.2 Å². The molecule has 0 radical (unpaired) electrons. The Bertz CT molecular complexity index is 875. The molecule has 0 aliphatic carbocycles. The molecule has 0 N–H and O–H groups in total. The highest BCUT2D eigenvalue weighted by molar-refractivity contribution is 7.89. The van der Waals surface area contributed by atoms with Gasteiger partial charge in [-0.2, -0.15) is 4.31 Å². The summed E-state index contributed by atoms with van der Waals surface area (Å²) in [6.45, 7) is 10.4. The number of ether oxygens (including phenoxy) is 1. The van der Waals surface area contributed by atoms with Crippen LogP contribution in [-0.4, -0.2) is 68.8 Å². The number of piperazine rings is 1. The predicted molar refractivity (Wildman–Crippen MR) is 114 cm³/mol. The molecule has 0 bridgehead atoms. The van der Waals surface area contributed by atoms with Crippen molar-refractivity contribution >= 4 is 21.7 Å². The average Bonchev–Trinajstić information content (AvgIpc) is 2.76. The van der Waals surface area contributed by atoms with Crippen molar-refractivity contribution in [1.82, 2.24) is 14.5 Å². The Labute approximate surface area is 173 Å². The largest absolute Gasteiger partial charge is 0.494 e. The molecule has 1 saturated heterocycles. The molecule has 2 heterocycles. The second-order valence-corrected chi connectivity index (χ2v) is 8.66. The van der Waals surface area contributed by atoms with Gasteiger partial charge in [0, 0.05) is 39.3 Å². The fraction of sp³-hybridized carbons (Fsp3) is 0.500. The molecule has 29 heavy (non-hydrogen) atoms. The van der Waals surface area contributed by atoms with Gasteiger partial charge in [0.15, 0.2) is 11.6 Å². The molecule has 0 spiro atoms. The lowest BCUT2D eigenvalue weighted by Crippen LogP contribution is -2.49. The number of benzene rings is 1. The Balaban J connectivity index is 1.63. The summed E-state index contributed by atoms with van der Waals surface area (Å²) in [5.41, 5.74) is 0. The van der Waals surface area contributed by atoms with E-state index in [-0.39, 0.29) is 4.90 Å². The van der Waals surface area contributed by atoms with E-state index >= 15 is 0 Å². The van der Waals surface area contributed by atoms with Crippen molar-refractivity contribution in [2.45, 2.75) is 25.7 Å². The molecular formula is C20H29N5O3S. The first-order valence-electron chi connectivity index (χ1n) is 10.1. The maximum atomic E-state index is 12.9. The molecule has 0 saturated carbocycles. The Hall–Kier alpha value is -2.39. The van der Waals surface area contributed by atoms with E-state index in [1.165, 1.54) is 4.31 Å². The standard InChI is InChI=1S/C20H29N5O3S/c1-4-23(5-2)19-11-12-20(22-21-19)24-13-15-25(16-14-24)29(26,27)18-9-7-17(8-10-18)28-6-3/h7-12H,4-6,13-16H2,1-3H3. The highest BCUT2D eigenvalue weighted by atomic mass is 32.2. The first-order valence-corrected chi connectivity index (χ1v) is 11.5. The molecule has 0 amide bonds. The normalized spacial score (nSPS) is 15.3. The van der Waals surface area contributed by atoms with Crippen LogP contribution in [0.15, 0.2) is 41.3 Å². The van der Waals surface area contributed by atoms with Gasteiger partial charge in [-0.25, -0.2) is 8.42 Å². The number of aromatic nitrogens is 2. The molecule has 1 aliphatic heterocycles. The van der Waals surface area contributed by atoms with Crippen LogP contribution in [0.2, 0.25) is 0 Å². The van der Waals surface area contributed by atoms with Crippen LogP contribution in [0.5, 0.6) is 5.75 Å². The van der Waals surface area contributed by atoms with Gasteiger partial charge in [-0.1, -0.05) is 0 Å². The quantitative estimate of drug-likeness (QED) is 0.649. The molecule has 1 aromatic carbocycles. The second kappa shape index (κ2) is 9.41. The maximum absolute atomic E-state index is 12.9. The Kier molecular flexibility index (Phi) is 6.92. The number of anilines is 2. The minimum Gasteiger partial charge on any atom is -0.494 e. The lowest BCUT2D eigenvalue weighted by molar-refractivity contribution is 0.340. The van der Waals surface area contributed by atoms with Crippen molar-refractivity contribution in [1.29, 1.82) is 0 Å². The van der Waals surface area contributed by atoms with E-state index in [0.717, 1.165) is 24.7 Å². The smallest absolute Gasteiger partial charge is 0.243 e. The molecular weight excluding hydrogens is 390 g/mol. The van der Waals surface area contributed by atoms with E-state index in [9.17, 15) is 8.42 Å². The summed E-state index contributed by atoms with van der Waals surface area (Å²) < 4.78 is 32.7. The van der Waals surface area contributed by atoms with Gasteiger partial charge < -0.3 is 14.5 Å². The third kappa shape index (κ3) is 4.79. The molecule has 0 atom stereocenters. The van der Waals surface area contributed by atoms with E-state index in [1.807, 2.05) is 19.1 Å². The lowest BCUT2D eigenvalue weighted by atomic mass is 10.3. The summed E-state index contributed by atoms with van der Waals surface area (Å²) in [5.74, 6) is 2.30. The van der Waals surface area contributed by atoms with Crippen LogP contribution in [-0.2, 0) is 10.0 Å². The first kappa shape index (κ1) is 21.3. The van der Waals surface area contributed by atoms with Crippen LogP contribution in [0.4, 0.5) is 11.6 Å². The molecule has 8 nitrogen and oxygen atoms in total. The SMILES string of the molecule is CCOc1ccc(S(=O)(=O)N2CCN(c3ccc(N(CC)CC)nn3)CC2)cc1. The fourth-order valence-electron chi connectivity index (χ4n) is 3.38. The summed E-state index contributed by atoms with van der Waals surface area (Å²) in [5, 5.41) is 8.67. The third-order valence-corrected chi connectivity index (χ3v) is 6.97. The van der Waals surface area contributed by atoms with Crippen LogP contribution >= 0.6 is 0 Å². The third-order valence-electron chi connectivity index (χ3n) is 5.06. The van der Waals surface area contributed by atoms with Gasteiger partial charge in [-0.3, -0.25) is 0 Å². The monoisotopic (exact) mass is 419 g/mol. The van der Waals surface area contributed by atoms with Gasteiger partial charge in [0.05, 0.1) is 11.5 Å². The molecule has 2 aromatic rings. The fourth-order valence-corrected chi connectivity index (χ4v) is 4.81. The second-order valence-electron chi connectivity index (χ2n) is 6.72. The Morgan fingerprint density at radius 1 is 0.931 bits per heavy atom. The first-order chi connectivity index (χ1) is 14.0. The predicted octanol–water partition coefficient (Wildman–Crippen LogP) is 2.23. The van der Waals surface area contributed by atoms with Crippen LogP contribution in [0.25, 0.3) is 0 Å². The minimum atomic E-state index is -3.52. The molecule has 1 aromatic heterocycles. The highest BCUT2D eigenvalue weighted by Crippen LogP contribution is 2.22. The molecule has 1 fully saturated rings. The lowest BCUT2D eigenvalue weighted by Gasteiger charge is -2.34. The van der Waals surface area contributed by atoms with E-state index in [1.54, 1.807) is 24.3 Å². The zero-order valence-corrected chi connectivity index (χ0v) is 18.1. The zero-order chi connectivity index (χ0) is 20.9. The summed E-state index contributed by atoms with van der Waals surface area (Å²) in [7, 11) is -3.52. The summed E-state index contributed by atoms with van der Waals surface area (Å²) in [4.78, 5) is 4.50. The van der Waals surface area contributed by atoms with Crippen LogP contribution in [0, 0.1) is 0 Å². The van der Waals surface area contributed by atoms with Crippen molar-refractivity contribution < 1.29 is 13.2 Å². The number of sulfonamides is 1. The highest BCUT2D eigenvalue weighted by Gasteiger charge is 2.29. The number of hydrogen-bond donors (Lipinski definition) is 0. The van der Waals surface area contributed by atoms with Gasteiger partial charge in [-0.05, 0) is 57.2 Å².